The highest BCUT2D eigenvalue weighted by Gasteiger charge is 2.00. The molecule has 1 heterocycles. The predicted octanol–water partition coefficient (Wildman–Crippen LogP) is 3.56. The van der Waals surface area contributed by atoms with Gasteiger partial charge in [-0.05, 0) is 37.5 Å². The number of hydrogen-bond donors (Lipinski definition) is 2. The molecule has 4 nitrogen and oxygen atoms in total. The van der Waals surface area contributed by atoms with E-state index in [9.17, 15) is 4.39 Å². The topological polar surface area (TPSA) is 49.3 Å². The Morgan fingerprint density at radius 1 is 1.38 bits per heavy atom. The lowest BCUT2D eigenvalue weighted by Gasteiger charge is -2.11. The number of aromatic nitrogens is 1. The summed E-state index contributed by atoms with van der Waals surface area (Å²) in [6, 6.07) is 6.71. The molecule has 24 heavy (non-hydrogen) atoms. The number of thiazole rings is 1. The Hall–Kier alpha value is -1.60. The summed E-state index contributed by atoms with van der Waals surface area (Å²) in [5, 5.41) is 8.52. The summed E-state index contributed by atoms with van der Waals surface area (Å²) in [4.78, 5) is 8.82. The highest BCUT2D eigenvalue weighted by atomic mass is 32.2. The van der Waals surface area contributed by atoms with Gasteiger partial charge in [0, 0.05) is 37.0 Å². The molecule has 0 spiro atoms. The zero-order valence-corrected chi connectivity index (χ0v) is 15.4. The fourth-order valence-corrected chi connectivity index (χ4v) is 3.69. The summed E-state index contributed by atoms with van der Waals surface area (Å²) in [7, 11) is 0. The minimum atomic E-state index is -0.189. The number of benzene rings is 1. The number of nitrogens with zero attached hydrogens (tertiary/aromatic N) is 2. The lowest BCUT2D eigenvalue weighted by atomic mass is 10.1. The van der Waals surface area contributed by atoms with E-state index in [1.165, 1.54) is 6.07 Å². The second kappa shape index (κ2) is 11.0. The van der Waals surface area contributed by atoms with Crippen LogP contribution in [0.2, 0.25) is 0 Å². The minimum Gasteiger partial charge on any atom is -0.357 e. The number of nitrogens with one attached hydrogen (secondary N) is 2. The molecule has 0 atom stereocenters. The molecule has 1 aromatic carbocycles. The molecule has 7 heteroatoms. The van der Waals surface area contributed by atoms with Crippen LogP contribution in [0.1, 0.15) is 18.9 Å². The van der Waals surface area contributed by atoms with Gasteiger partial charge in [0.05, 0.1) is 0 Å². The number of guanidine groups is 1. The van der Waals surface area contributed by atoms with Gasteiger partial charge >= 0.3 is 0 Å². The molecule has 0 aliphatic carbocycles. The average molecular weight is 367 g/mol. The SMILES string of the molecule is CCNC(=NCCCSc1nccs1)NCCc1cccc(F)c1. The van der Waals surface area contributed by atoms with Crippen LogP contribution in [-0.2, 0) is 6.42 Å². The molecule has 0 bridgehead atoms. The number of hydrogen-bond acceptors (Lipinski definition) is 4. The molecule has 2 aromatic rings. The summed E-state index contributed by atoms with van der Waals surface area (Å²) < 4.78 is 14.3. The molecule has 130 valence electrons. The van der Waals surface area contributed by atoms with E-state index in [1.807, 2.05) is 24.6 Å². The van der Waals surface area contributed by atoms with Crippen molar-refractivity contribution in [3.63, 3.8) is 0 Å². The fraction of sp³-hybridized carbons (Fsp3) is 0.412. The smallest absolute Gasteiger partial charge is 0.191 e. The first-order valence-corrected chi connectivity index (χ1v) is 9.93. The Morgan fingerprint density at radius 3 is 3.04 bits per heavy atom. The second-order valence-electron chi connectivity index (χ2n) is 5.07. The van der Waals surface area contributed by atoms with Crippen LogP contribution in [0.15, 0.2) is 45.2 Å². The van der Waals surface area contributed by atoms with Crippen molar-refractivity contribution in [1.29, 1.82) is 0 Å². The van der Waals surface area contributed by atoms with Gasteiger partial charge in [-0.1, -0.05) is 23.9 Å². The van der Waals surface area contributed by atoms with Crippen LogP contribution < -0.4 is 10.6 Å². The minimum absolute atomic E-state index is 0.189. The van der Waals surface area contributed by atoms with E-state index >= 15 is 0 Å². The standard InChI is InChI=1S/C17H23FN4S2/c1-2-19-16(20-8-4-11-23-17-22-10-12-24-17)21-9-7-14-5-3-6-15(18)13-14/h3,5-6,10,12-13H,2,4,7-9,11H2,1H3,(H2,19,20,21). The van der Waals surface area contributed by atoms with Gasteiger partial charge in [-0.2, -0.15) is 0 Å². The Morgan fingerprint density at radius 2 is 2.29 bits per heavy atom. The van der Waals surface area contributed by atoms with Crippen molar-refractivity contribution in [2.24, 2.45) is 4.99 Å². The number of rotatable bonds is 9. The van der Waals surface area contributed by atoms with Crippen LogP contribution >= 0.6 is 23.1 Å². The Kier molecular flexibility index (Phi) is 8.62. The van der Waals surface area contributed by atoms with Gasteiger partial charge in [-0.3, -0.25) is 4.99 Å². The van der Waals surface area contributed by atoms with Gasteiger partial charge in [0.25, 0.3) is 0 Å². The van der Waals surface area contributed by atoms with Gasteiger partial charge < -0.3 is 10.6 Å². The van der Waals surface area contributed by atoms with Crippen molar-refractivity contribution < 1.29 is 4.39 Å². The van der Waals surface area contributed by atoms with Crippen molar-refractivity contribution in [3.8, 4) is 0 Å². The maximum Gasteiger partial charge on any atom is 0.191 e. The van der Waals surface area contributed by atoms with Crippen LogP contribution in [0.25, 0.3) is 0 Å². The molecule has 0 aliphatic heterocycles. The van der Waals surface area contributed by atoms with E-state index in [1.54, 1.807) is 35.2 Å². The van der Waals surface area contributed by atoms with Crippen LogP contribution in [-0.4, -0.2) is 36.3 Å². The maximum absolute atomic E-state index is 13.2. The van der Waals surface area contributed by atoms with E-state index in [2.05, 4.69) is 20.6 Å². The molecule has 2 N–H and O–H groups in total. The van der Waals surface area contributed by atoms with Gasteiger partial charge in [0.2, 0.25) is 0 Å². The largest absolute Gasteiger partial charge is 0.357 e. The first-order valence-electron chi connectivity index (χ1n) is 8.07. The summed E-state index contributed by atoms with van der Waals surface area (Å²) in [6.45, 7) is 4.36. The molecular formula is C17H23FN4S2. The normalized spacial score (nSPS) is 11.5. The molecular weight excluding hydrogens is 343 g/mol. The Balaban J connectivity index is 1.67. The maximum atomic E-state index is 13.2. The van der Waals surface area contributed by atoms with Crippen LogP contribution in [0.3, 0.4) is 0 Å². The van der Waals surface area contributed by atoms with Crippen molar-refractivity contribution in [1.82, 2.24) is 15.6 Å². The Bertz CT molecular complexity index is 617. The quantitative estimate of drug-likeness (QED) is 0.308. The van der Waals surface area contributed by atoms with E-state index in [0.29, 0.717) is 0 Å². The molecule has 0 unspecified atom stereocenters. The highest BCUT2D eigenvalue weighted by Crippen LogP contribution is 2.20. The Labute approximate surface area is 151 Å². The van der Waals surface area contributed by atoms with E-state index in [4.69, 9.17) is 0 Å². The number of aliphatic imine (C=N–C) groups is 1. The van der Waals surface area contributed by atoms with E-state index in [-0.39, 0.29) is 5.82 Å². The zero-order chi connectivity index (χ0) is 17.0. The highest BCUT2D eigenvalue weighted by molar-refractivity contribution is 8.00. The third kappa shape index (κ3) is 7.31. The third-order valence-corrected chi connectivity index (χ3v) is 5.20. The van der Waals surface area contributed by atoms with E-state index < -0.39 is 0 Å². The monoisotopic (exact) mass is 366 g/mol. The molecule has 0 fully saturated rings. The molecule has 1 aromatic heterocycles. The van der Waals surface area contributed by atoms with Crippen molar-refractivity contribution in [2.45, 2.75) is 24.1 Å². The summed E-state index contributed by atoms with van der Waals surface area (Å²) in [6.07, 6.45) is 3.60. The predicted molar refractivity (Wildman–Crippen MR) is 102 cm³/mol. The van der Waals surface area contributed by atoms with Gasteiger partial charge in [-0.25, -0.2) is 9.37 Å². The summed E-state index contributed by atoms with van der Waals surface area (Å²) in [5.74, 6) is 1.64. The third-order valence-electron chi connectivity index (χ3n) is 3.15. The molecule has 0 aliphatic rings. The molecule has 2 rings (SSSR count). The lowest BCUT2D eigenvalue weighted by molar-refractivity contribution is 0.625. The number of thioether (sulfide) groups is 1. The summed E-state index contributed by atoms with van der Waals surface area (Å²) in [5.41, 5.74) is 0.984. The first kappa shape index (κ1) is 18.7. The van der Waals surface area contributed by atoms with Crippen LogP contribution in [0.5, 0.6) is 0 Å². The summed E-state index contributed by atoms with van der Waals surface area (Å²) >= 11 is 3.44. The zero-order valence-electron chi connectivity index (χ0n) is 13.8. The molecule has 0 radical (unpaired) electrons. The van der Waals surface area contributed by atoms with Crippen molar-refractivity contribution in [2.75, 3.05) is 25.4 Å². The van der Waals surface area contributed by atoms with Crippen molar-refractivity contribution >= 4 is 29.1 Å². The van der Waals surface area contributed by atoms with E-state index in [0.717, 1.165) is 54.1 Å². The van der Waals surface area contributed by atoms with Gasteiger partial charge in [0.15, 0.2) is 5.96 Å². The average Bonchev–Trinajstić information content (AvgIpc) is 3.08. The van der Waals surface area contributed by atoms with Crippen LogP contribution in [0.4, 0.5) is 4.39 Å². The molecule has 0 saturated heterocycles. The first-order chi connectivity index (χ1) is 11.8. The molecule has 0 amide bonds. The second-order valence-corrected chi connectivity index (χ2v) is 7.30. The fourth-order valence-electron chi connectivity index (χ4n) is 2.06. The van der Waals surface area contributed by atoms with Gasteiger partial charge in [-0.15, -0.1) is 11.3 Å². The molecule has 0 saturated carbocycles. The van der Waals surface area contributed by atoms with Gasteiger partial charge in [0.1, 0.15) is 10.2 Å². The van der Waals surface area contributed by atoms with Crippen molar-refractivity contribution in [3.05, 3.63) is 47.2 Å². The lowest BCUT2D eigenvalue weighted by Crippen LogP contribution is -2.38. The van der Waals surface area contributed by atoms with Crippen LogP contribution in [0, 0.1) is 5.82 Å². The number of halogens is 1.